The number of aromatic carboxylic acids is 1. The molecule has 34 heavy (non-hydrogen) atoms. The van der Waals surface area contributed by atoms with Crippen LogP contribution < -0.4 is 14.8 Å². The van der Waals surface area contributed by atoms with E-state index >= 15 is 0 Å². The van der Waals surface area contributed by atoms with Gasteiger partial charge in [0.2, 0.25) is 0 Å². The molecular formula is C26H24ClN3O4. The molecule has 174 valence electrons. The maximum Gasteiger partial charge on any atom is 0.335 e. The number of halogens is 1. The number of benzene rings is 3. The summed E-state index contributed by atoms with van der Waals surface area (Å²) in [6.07, 6.45) is 0. The number of piperazine rings is 1. The monoisotopic (exact) mass is 477 g/mol. The minimum Gasteiger partial charge on any atom is -0.492 e. The quantitative estimate of drug-likeness (QED) is 0.557. The first-order valence-electron chi connectivity index (χ1n) is 11.1. The van der Waals surface area contributed by atoms with Crippen LogP contribution >= 0.6 is 11.6 Å². The molecule has 3 aromatic rings. The Morgan fingerprint density at radius 1 is 1.21 bits per heavy atom. The molecule has 2 N–H and O–H groups in total. The van der Waals surface area contributed by atoms with Gasteiger partial charge in [0.25, 0.3) is 0 Å². The molecule has 1 saturated heterocycles. The van der Waals surface area contributed by atoms with E-state index < -0.39 is 5.97 Å². The van der Waals surface area contributed by atoms with E-state index in [0.717, 1.165) is 30.2 Å². The Morgan fingerprint density at radius 2 is 2.06 bits per heavy atom. The van der Waals surface area contributed by atoms with E-state index in [2.05, 4.69) is 10.2 Å². The summed E-state index contributed by atoms with van der Waals surface area (Å²) in [7, 11) is 0. The Hall–Kier alpha value is -3.55. The van der Waals surface area contributed by atoms with E-state index in [0.29, 0.717) is 41.0 Å². The highest BCUT2D eigenvalue weighted by molar-refractivity contribution is 6.31. The van der Waals surface area contributed by atoms with Crippen molar-refractivity contribution in [3.8, 4) is 17.2 Å². The van der Waals surface area contributed by atoms with Crippen molar-refractivity contribution in [1.29, 1.82) is 0 Å². The maximum absolute atomic E-state index is 11.3. The van der Waals surface area contributed by atoms with E-state index in [1.54, 1.807) is 25.1 Å². The van der Waals surface area contributed by atoms with Gasteiger partial charge in [-0.2, -0.15) is 0 Å². The Kier molecular flexibility index (Phi) is 6.13. The minimum atomic E-state index is -0.941. The molecule has 0 bridgehead atoms. The average molecular weight is 478 g/mol. The van der Waals surface area contributed by atoms with Crippen LogP contribution in [0.2, 0.25) is 5.02 Å². The largest absolute Gasteiger partial charge is 0.492 e. The van der Waals surface area contributed by atoms with Crippen molar-refractivity contribution in [1.82, 2.24) is 10.2 Å². The van der Waals surface area contributed by atoms with Gasteiger partial charge in [0.05, 0.1) is 17.2 Å². The third-order valence-electron chi connectivity index (χ3n) is 5.93. The highest BCUT2D eigenvalue weighted by atomic mass is 35.5. The number of para-hydroxylation sites is 2. The first kappa shape index (κ1) is 22.3. The van der Waals surface area contributed by atoms with Crippen molar-refractivity contribution >= 4 is 29.1 Å². The smallest absolute Gasteiger partial charge is 0.335 e. The maximum atomic E-state index is 11.3. The minimum absolute atomic E-state index is 0.0537. The van der Waals surface area contributed by atoms with Crippen LogP contribution in [0.4, 0.5) is 5.69 Å². The molecule has 0 aliphatic carbocycles. The fourth-order valence-corrected chi connectivity index (χ4v) is 4.40. The number of hydrogen-bond donors (Lipinski definition) is 2. The molecular weight excluding hydrogens is 454 g/mol. The van der Waals surface area contributed by atoms with Gasteiger partial charge in [0.1, 0.15) is 29.6 Å². The topological polar surface area (TPSA) is 83.4 Å². The molecule has 3 aromatic carbocycles. The lowest BCUT2D eigenvalue weighted by molar-refractivity contribution is 0.0696. The fraction of sp³-hybridized carbons (Fsp3) is 0.231. The van der Waals surface area contributed by atoms with Crippen LogP contribution in [0.5, 0.6) is 17.2 Å². The van der Waals surface area contributed by atoms with Gasteiger partial charge in [-0.3, -0.25) is 0 Å². The second kappa shape index (κ2) is 9.37. The highest BCUT2D eigenvalue weighted by Gasteiger charge is 2.27. The molecule has 0 radical (unpaired) electrons. The molecule has 0 saturated carbocycles. The predicted octanol–water partition coefficient (Wildman–Crippen LogP) is 4.88. The Morgan fingerprint density at radius 3 is 2.88 bits per heavy atom. The molecule has 2 aliphatic heterocycles. The summed E-state index contributed by atoms with van der Waals surface area (Å²) in [6, 6.07) is 18.4. The molecule has 0 amide bonds. The van der Waals surface area contributed by atoms with Crippen molar-refractivity contribution in [2.24, 2.45) is 4.99 Å². The highest BCUT2D eigenvalue weighted by Crippen LogP contribution is 2.39. The third kappa shape index (κ3) is 4.58. The second-order valence-corrected chi connectivity index (χ2v) is 8.77. The van der Waals surface area contributed by atoms with Crippen LogP contribution in [-0.2, 0) is 0 Å². The van der Waals surface area contributed by atoms with Crippen LogP contribution in [0.15, 0.2) is 65.7 Å². The normalized spacial score (nSPS) is 17.1. The van der Waals surface area contributed by atoms with Crippen molar-refractivity contribution in [3.05, 3.63) is 82.4 Å². The molecule has 0 unspecified atom stereocenters. The van der Waals surface area contributed by atoms with Gasteiger partial charge in [-0.05, 0) is 61.0 Å². The molecule has 0 aromatic heterocycles. The number of aryl methyl sites for hydroxylation is 1. The lowest BCUT2D eigenvalue weighted by Crippen LogP contribution is -2.54. The molecule has 1 atom stereocenters. The lowest BCUT2D eigenvalue weighted by Gasteiger charge is -2.35. The number of rotatable bonds is 4. The SMILES string of the molecule is Cc1cc(OC[C@H]2CN(C3=Nc4ccccc4Oc4ccc(Cl)cc43)CCN2)ccc1C(=O)O. The molecule has 0 spiro atoms. The van der Waals surface area contributed by atoms with Gasteiger partial charge in [-0.1, -0.05) is 23.7 Å². The number of carboxylic acids is 1. The average Bonchev–Trinajstić information content (AvgIpc) is 2.99. The van der Waals surface area contributed by atoms with Crippen molar-refractivity contribution in [2.75, 3.05) is 26.2 Å². The zero-order valence-electron chi connectivity index (χ0n) is 18.6. The van der Waals surface area contributed by atoms with E-state index in [9.17, 15) is 9.90 Å². The van der Waals surface area contributed by atoms with Gasteiger partial charge in [-0.25, -0.2) is 9.79 Å². The summed E-state index contributed by atoms with van der Waals surface area (Å²) < 4.78 is 12.2. The Balaban J connectivity index is 1.37. The number of nitrogens with zero attached hydrogens (tertiary/aromatic N) is 2. The van der Waals surface area contributed by atoms with E-state index in [4.69, 9.17) is 26.1 Å². The van der Waals surface area contributed by atoms with Gasteiger partial charge >= 0.3 is 5.97 Å². The van der Waals surface area contributed by atoms with Crippen LogP contribution in [0.25, 0.3) is 0 Å². The van der Waals surface area contributed by atoms with Gasteiger partial charge in [-0.15, -0.1) is 0 Å². The molecule has 1 fully saturated rings. The summed E-state index contributed by atoms with van der Waals surface area (Å²) in [6.45, 7) is 4.42. The lowest BCUT2D eigenvalue weighted by atomic mass is 10.1. The summed E-state index contributed by atoms with van der Waals surface area (Å²) >= 11 is 6.34. The first-order valence-corrected chi connectivity index (χ1v) is 11.5. The zero-order chi connectivity index (χ0) is 23.7. The Labute approximate surface area is 202 Å². The number of hydrogen-bond acceptors (Lipinski definition) is 6. The van der Waals surface area contributed by atoms with Crippen LogP contribution in [0.1, 0.15) is 21.5 Å². The number of carbonyl (C=O) groups is 1. The summed E-state index contributed by atoms with van der Waals surface area (Å²) in [5.41, 5.74) is 2.57. The summed E-state index contributed by atoms with van der Waals surface area (Å²) in [5.74, 6) is 1.94. The van der Waals surface area contributed by atoms with Crippen LogP contribution in [0, 0.1) is 6.92 Å². The summed E-state index contributed by atoms with van der Waals surface area (Å²) in [4.78, 5) is 18.4. The van der Waals surface area contributed by atoms with E-state index in [1.807, 2.05) is 42.5 Å². The number of carboxylic acid groups (broad SMARTS) is 1. The Bertz CT molecular complexity index is 1280. The van der Waals surface area contributed by atoms with E-state index in [-0.39, 0.29) is 11.6 Å². The third-order valence-corrected chi connectivity index (χ3v) is 6.16. The molecule has 7 nitrogen and oxygen atoms in total. The van der Waals surface area contributed by atoms with Gasteiger partial charge < -0.3 is 24.8 Å². The molecule has 2 aliphatic rings. The van der Waals surface area contributed by atoms with Crippen molar-refractivity contribution < 1.29 is 19.4 Å². The van der Waals surface area contributed by atoms with Crippen molar-refractivity contribution in [3.63, 3.8) is 0 Å². The van der Waals surface area contributed by atoms with Crippen molar-refractivity contribution in [2.45, 2.75) is 13.0 Å². The fourth-order valence-electron chi connectivity index (χ4n) is 4.23. The van der Waals surface area contributed by atoms with E-state index in [1.165, 1.54) is 0 Å². The summed E-state index contributed by atoms with van der Waals surface area (Å²) in [5, 5.41) is 13.3. The zero-order valence-corrected chi connectivity index (χ0v) is 19.4. The number of nitrogens with one attached hydrogen (secondary N) is 1. The number of fused-ring (bicyclic) bond motifs is 2. The molecule has 2 heterocycles. The van der Waals surface area contributed by atoms with Gasteiger partial charge in [0.15, 0.2) is 5.75 Å². The molecule has 5 rings (SSSR count). The van der Waals surface area contributed by atoms with Gasteiger partial charge in [0, 0.05) is 24.7 Å². The second-order valence-electron chi connectivity index (χ2n) is 8.34. The van der Waals surface area contributed by atoms with Crippen LogP contribution in [0.3, 0.4) is 0 Å². The standard InChI is InChI=1S/C26H24ClN3O4/c1-16-12-19(7-8-20(16)26(31)32)33-15-18-14-30(11-10-28-18)25-21-13-17(27)6-9-23(21)34-24-5-3-2-4-22(24)29-25/h2-9,12-13,18,28H,10-11,14-15H2,1H3,(H,31,32)/t18-/m1/s1. The molecule has 8 heteroatoms. The number of aliphatic imine (C=N–C) groups is 1. The number of ether oxygens (including phenoxy) is 2. The first-order chi connectivity index (χ1) is 16.5. The predicted molar refractivity (Wildman–Crippen MR) is 131 cm³/mol. The van der Waals surface area contributed by atoms with Crippen LogP contribution in [-0.4, -0.2) is 54.1 Å². The number of amidine groups is 1.